The lowest BCUT2D eigenvalue weighted by molar-refractivity contribution is -0.166. The highest BCUT2D eigenvalue weighted by atomic mass is 19.4. The lowest BCUT2D eigenvalue weighted by Gasteiger charge is -2.41. The van der Waals surface area contributed by atoms with Gasteiger partial charge in [0, 0.05) is 31.2 Å². The quantitative estimate of drug-likeness (QED) is 0.328. The number of amides is 2. The molecule has 2 aliphatic heterocycles. The fraction of sp³-hybridized carbons (Fsp3) is 0.900. The molecule has 8 nitrogen and oxygen atoms in total. The van der Waals surface area contributed by atoms with Gasteiger partial charge in [-0.1, -0.05) is 0 Å². The van der Waals surface area contributed by atoms with Gasteiger partial charge in [0.1, 0.15) is 12.6 Å². The number of ether oxygens (including phenoxy) is 1. The molecule has 2 heterocycles. The number of piperidine rings is 1. The summed E-state index contributed by atoms with van der Waals surface area (Å²) in [5.41, 5.74) is -0.401. The van der Waals surface area contributed by atoms with Crippen LogP contribution in [0.4, 0.5) is 22.0 Å². The molecule has 3 saturated carbocycles. The van der Waals surface area contributed by atoms with Gasteiger partial charge in [-0.3, -0.25) is 9.59 Å². The van der Waals surface area contributed by atoms with Crippen LogP contribution in [0.5, 0.6) is 0 Å². The summed E-state index contributed by atoms with van der Waals surface area (Å²) < 4.78 is 69.0. The number of piperazine rings is 1. The van der Waals surface area contributed by atoms with E-state index >= 15 is 0 Å². The van der Waals surface area contributed by atoms with Gasteiger partial charge in [-0.2, -0.15) is 13.2 Å². The summed E-state index contributed by atoms with van der Waals surface area (Å²) in [6.45, 7) is -0.0512. The predicted octanol–water partition coefficient (Wildman–Crippen LogP) is 0.0345. The summed E-state index contributed by atoms with van der Waals surface area (Å²) in [5.74, 6) is -0.340. The second-order valence-electron chi connectivity index (χ2n) is 9.64. The van der Waals surface area contributed by atoms with Crippen molar-refractivity contribution < 1.29 is 36.3 Å². The van der Waals surface area contributed by atoms with Crippen molar-refractivity contribution in [2.75, 3.05) is 26.2 Å². The summed E-state index contributed by atoms with van der Waals surface area (Å²) in [5, 5.41) is 13.9. The van der Waals surface area contributed by atoms with Crippen LogP contribution in [0.3, 0.4) is 0 Å². The monoisotopic (exact) mass is 483 g/mol. The molecule has 2 amide bonds. The molecule has 0 aromatic carbocycles. The first-order valence-corrected chi connectivity index (χ1v) is 11.3. The Morgan fingerprint density at radius 1 is 1.03 bits per heavy atom. The van der Waals surface area contributed by atoms with Crippen LogP contribution >= 0.6 is 0 Å². The van der Waals surface area contributed by atoms with E-state index in [0.29, 0.717) is 6.42 Å². The third-order valence-electron chi connectivity index (χ3n) is 7.22. The van der Waals surface area contributed by atoms with Crippen molar-refractivity contribution in [1.82, 2.24) is 26.6 Å². The fourth-order valence-electron chi connectivity index (χ4n) is 5.39. The molecule has 0 radical (unpaired) electrons. The SMILES string of the molecule is O=C(COC1CCC(C(F)(F)F)NC1)NC1CC2(NC(=O)C3CNC(C(F)F)CN3)CC1C2. The van der Waals surface area contributed by atoms with Gasteiger partial charge in [0.2, 0.25) is 11.8 Å². The minimum absolute atomic E-state index is 0.0113. The molecular weight excluding hydrogens is 453 g/mol. The van der Waals surface area contributed by atoms with E-state index in [1.807, 2.05) is 0 Å². The Balaban J connectivity index is 1.15. The Labute approximate surface area is 188 Å². The van der Waals surface area contributed by atoms with Crippen molar-refractivity contribution in [3.63, 3.8) is 0 Å². The van der Waals surface area contributed by atoms with E-state index in [2.05, 4.69) is 26.6 Å². The molecule has 188 valence electrons. The number of nitrogens with one attached hydrogen (secondary N) is 5. The van der Waals surface area contributed by atoms with Crippen molar-refractivity contribution in [2.24, 2.45) is 5.92 Å². The average molecular weight is 483 g/mol. The van der Waals surface area contributed by atoms with Gasteiger partial charge >= 0.3 is 6.18 Å². The fourth-order valence-corrected chi connectivity index (χ4v) is 5.39. The number of alkyl halides is 5. The van der Waals surface area contributed by atoms with Crippen molar-refractivity contribution in [3.05, 3.63) is 0 Å². The standard InChI is InChI=1S/C20H30F5N5O3/c21-17(22)13-7-27-14(8-26-13)18(32)30-19-3-10(4-19)12(5-19)29-16(31)9-33-11-1-2-15(28-6-11)20(23,24)25/h10-15,17,26-28H,1-9H2,(H,29,31)(H,30,32). The van der Waals surface area contributed by atoms with Gasteiger partial charge in [-0.05, 0) is 38.0 Å². The van der Waals surface area contributed by atoms with Crippen LogP contribution in [0, 0.1) is 5.92 Å². The lowest BCUT2D eigenvalue weighted by atomic mass is 9.76. The Hall–Kier alpha value is -1.57. The average Bonchev–Trinajstić information content (AvgIpc) is 3.25. The second-order valence-corrected chi connectivity index (χ2v) is 9.64. The molecule has 2 bridgehead atoms. The molecule has 33 heavy (non-hydrogen) atoms. The van der Waals surface area contributed by atoms with Crippen LogP contribution in [0.1, 0.15) is 32.1 Å². The van der Waals surface area contributed by atoms with Crippen molar-refractivity contribution in [2.45, 2.75) is 80.5 Å². The summed E-state index contributed by atoms with van der Waals surface area (Å²) in [6, 6.07) is -3.20. The predicted molar refractivity (Wildman–Crippen MR) is 107 cm³/mol. The van der Waals surface area contributed by atoms with Crippen molar-refractivity contribution in [1.29, 1.82) is 0 Å². The van der Waals surface area contributed by atoms with Gasteiger partial charge in [0.25, 0.3) is 6.43 Å². The summed E-state index contributed by atoms with van der Waals surface area (Å²) in [6.07, 6.45) is -5.04. The topological polar surface area (TPSA) is 104 Å². The molecule has 13 heteroatoms. The first-order valence-electron chi connectivity index (χ1n) is 11.3. The number of hydrogen-bond acceptors (Lipinski definition) is 6. The van der Waals surface area contributed by atoms with Crippen molar-refractivity contribution >= 4 is 11.8 Å². The third kappa shape index (κ3) is 5.75. The minimum atomic E-state index is -4.28. The Bertz CT molecular complexity index is 717. The van der Waals surface area contributed by atoms with E-state index in [4.69, 9.17) is 4.74 Å². The highest BCUT2D eigenvalue weighted by molar-refractivity contribution is 5.83. The summed E-state index contributed by atoms with van der Waals surface area (Å²) >= 11 is 0. The van der Waals surface area contributed by atoms with Gasteiger partial charge < -0.3 is 31.3 Å². The van der Waals surface area contributed by atoms with Crippen LogP contribution in [0.15, 0.2) is 0 Å². The van der Waals surface area contributed by atoms with Crippen LogP contribution in [0.2, 0.25) is 0 Å². The number of fused-ring (bicyclic) bond motifs is 1. The van der Waals surface area contributed by atoms with Crippen molar-refractivity contribution in [3.8, 4) is 0 Å². The first-order chi connectivity index (χ1) is 15.5. The summed E-state index contributed by atoms with van der Waals surface area (Å²) in [4.78, 5) is 24.9. The zero-order valence-corrected chi connectivity index (χ0v) is 18.0. The Kier molecular flexibility index (Phi) is 7.13. The molecule has 3 aliphatic carbocycles. The molecule has 5 aliphatic rings. The smallest absolute Gasteiger partial charge is 0.367 e. The number of carbonyl (C=O) groups excluding carboxylic acids is 2. The molecule has 0 aromatic heterocycles. The van der Waals surface area contributed by atoms with Gasteiger partial charge in [0.15, 0.2) is 0 Å². The normalized spacial score (nSPS) is 38.6. The number of rotatable bonds is 7. The van der Waals surface area contributed by atoms with E-state index in [9.17, 15) is 31.5 Å². The van der Waals surface area contributed by atoms with E-state index in [1.54, 1.807) is 0 Å². The molecule has 2 saturated heterocycles. The van der Waals surface area contributed by atoms with Gasteiger partial charge in [0.05, 0.1) is 18.2 Å². The summed E-state index contributed by atoms with van der Waals surface area (Å²) in [7, 11) is 0. The molecule has 5 rings (SSSR count). The maximum absolute atomic E-state index is 12.7. The Morgan fingerprint density at radius 3 is 2.36 bits per heavy atom. The van der Waals surface area contributed by atoms with Crippen LogP contribution in [-0.4, -0.2) is 86.5 Å². The zero-order chi connectivity index (χ0) is 23.8. The molecule has 0 aromatic rings. The number of carbonyl (C=O) groups is 2. The Morgan fingerprint density at radius 2 is 1.79 bits per heavy atom. The second kappa shape index (κ2) is 9.59. The van der Waals surface area contributed by atoms with Crippen LogP contribution in [-0.2, 0) is 14.3 Å². The molecule has 5 N–H and O–H groups in total. The molecule has 5 atom stereocenters. The van der Waals surface area contributed by atoms with Crippen LogP contribution in [0.25, 0.3) is 0 Å². The van der Waals surface area contributed by atoms with E-state index < -0.39 is 42.4 Å². The largest absolute Gasteiger partial charge is 0.403 e. The highest BCUT2D eigenvalue weighted by Crippen LogP contribution is 2.52. The zero-order valence-electron chi connectivity index (χ0n) is 18.0. The van der Waals surface area contributed by atoms with Crippen LogP contribution < -0.4 is 26.6 Å². The number of halogens is 5. The maximum atomic E-state index is 12.7. The maximum Gasteiger partial charge on any atom is 0.403 e. The van der Waals surface area contributed by atoms with Gasteiger partial charge in [-0.15, -0.1) is 0 Å². The molecule has 5 fully saturated rings. The van der Waals surface area contributed by atoms with E-state index in [1.165, 1.54) is 0 Å². The number of hydrogen-bond donors (Lipinski definition) is 5. The molecule has 5 unspecified atom stereocenters. The first kappa shape index (κ1) is 24.6. The highest BCUT2D eigenvalue weighted by Gasteiger charge is 2.57. The van der Waals surface area contributed by atoms with E-state index in [0.717, 1.165) is 12.8 Å². The van der Waals surface area contributed by atoms with E-state index in [-0.39, 0.29) is 62.9 Å². The molecular formula is C20H30F5N5O3. The molecule has 0 spiro atoms. The minimum Gasteiger partial charge on any atom is -0.367 e. The lowest BCUT2D eigenvalue weighted by Crippen LogP contribution is -2.64. The third-order valence-corrected chi connectivity index (χ3v) is 7.22. The van der Waals surface area contributed by atoms with Gasteiger partial charge in [-0.25, -0.2) is 8.78 Å².